The van der Waals surface area contributed by atoms with Crippen molar-refractivity contribution in [2.45, 2.75) is 19.3 Å². The second kappa shape index (κ2) is 7.58. The number of nitrogens with one attached hydrogen (secondary N) is 1. The van der Waals surface area contributed by atoms with Crippen LogP contribution in [-0.2, 0) is 17.6 Å². The maximum atomic E-state index is 5.78. The van der Waals surface area contributed by atoms with Crippen LogP contribution in [0.2, 0.25) is 0 Å². The molecule has 5 heteroatoms. The molecule has 0 heterocycles. The van der Waals surface area contributed by atoms with Crippen LogP contribution in [0.25, 0.3) is 0 Å². The van der Waals surface area contributed by atoms with Gasteiger partial charge >= 0.3 is 0 Å². The van der Waals surface area contributed by atoms with Crippen LogP contribution >= 0.6 is 24.0 Å². The predicted octanol–water partition coefficient (Wildman–Crippen LogP) is 2.17. The number of benzene rings is 1. The van der Waals surface area contributed by atoms with Gasteiger partial charge in [0.05, 0.1) is 13.2 Å². The van der Waals surface area contributed by atoms with Crippen LogP contribution in [0.15, 0.2) is 23.2 Å². The fraction of sp³-hybridized carbons (Fsp3) is 0.462. The molecular formula is C13H20IN3O. The molecule has 1 aromatic rings. The molecule has 1 aliphatic carbocycles. The van der Waals surface area contributed by atoms with Gasteiger partial charge in [-0.25, -0.2) is 0 Å². The van der Waals surface area contributed by atoms with E-state index in [4.69, 9.17) is 10.5 Å². The van der Waals surface area contributed by atoms with Crippen molar-refractivity contribution in [3.63, 3.8) is 0 Å². The summed E-state index contributed by atoms with van der Waals surface area (Å²) < 4.78 is 4.91. The summed E-state index contributed by atoms with van der Waals surface area (Å²) in [4.78, 5) is 4.16. The lowest BCUT2D eigenvalue weighted by molar-refractivity contribution is 0.208. The average molecular weight is 361 g/mol. The molecule has 0 fully saturated rings. The van der Waals surface area contributed by atoms with E-state index in [2.05, 4.69) is 28.5 Å². The van der Waals surface area contributed by atoms with Crippen molar-refractivity contribution in [1.29, 1.82) is 0 Å². The average Bonchev–Trinajstić information content (AvgIpc) is 2.76. The van der Waals surface area contributed by atoms with Crippen molar-refractivity contribution in [2.24, 2.45) is 10.7 Å². The third kappa shape index (κ3) is 4.13. The first-order chi connectivity index (χ1) is 8.29. The quantitative estimate of drug-likeness (QED) is 0.374. The topological polar surface area (TPSA) is 59.6 Å². The Kier molecular flexibility index (Phi) is 6.42. The summed E-state index contributed by atoms with van der Waals surface area (Å²) in [6, 6.07) is 6.40. The number of nitrogens with zero attached hydrogens (tertiary/aromatic N) is 1. The lowest BCUT2D eigenvalue weighted by atomic mass is 10.1. The minimum Gasteiger partial charge on any atom is -0.383 e. The van der Waals surface area contributed by atoms with E-state index < -0.39 is 0 Å². The maximum absolute atomic E-state index is 5.78. The second-order valence-electron chi connectivity index (χ2n) is 4.22. The van der Waals surface area contributed by atoms with Crippen molar-refractivity contribution in [2.75, 3.05) is 25.6 Å². The number of guanidine groups is 1. The van der Waals surface area contributed by atoms with Gasteiger partial charge in [-0.05, 0) is 42.5 Å². The van der Waals surface area contributed by atoms with Gasteiger partial charge in [0, 0.05) is 12.8 Å². The predicted molar refractivity (Wildman–Crippen MR) is 85.9 cm³/mol. The first-order valence-corrected chi connectivity index (χ1v) is 5.97. The lowest BCUT2D eigenvalue weighted by Crippen LogP contribution is -2.23. The van der Waals surface area contributed by atoms with Gasteiger partial charge in [-0.2, -0.15) is 0 Å². The molecule has 0 amide bonds. The Morgan fingerprint density at radius 1 is 1.39 bits per heavy atom. The zero-order valence-electron chi connectivity index (χ0n) is 10.6. The number of methoxy groups -OCH3 is 1. The zero-order chi connectivity index (χ0) is 12.1. The molecule has 0 aliphatic heterocycles. The van der Waals surface area contributed by atoms with E-state index in [0.717, 1.165) is 5.69 Å². The number of aryl methyl sites for hydroxylation is 2. The summed E-state index contributed by atoms with van der Waals surface area (Å²) in [7, 11) is 1.65. The van der Waals surface area contributed by atoms with Crippen molar-refractivity contribution < 1.29 is 4.74 Å². The highest BCUT2D eigenvalue weighted by atomic mass is 127. The van der Waals surface area contributed by atoms with Crippen LogP contribution in [0.5, 0.6) is 0 Å². The van der Waals surface area contributed by atoms with Gasteiger partial charge in [-0.3, -0.25) is 4.99 Å². The third-order valence-corrected chi connectivity index (χ3v) is 2.95. The largest absolute Gasteiger partial charge is 0.383 e. The van der Waals surface area contributed by atoms with E-state index >= 15 is 0 Å². The Labute approximate surface area is 125 Å². The summed E-state index contributed by atoms with van der Waals surface area (Å²) in [6.45, 7) is 1.17. The summed E-state index contributed by atoms with van der Waals surface area (Å²) in [5.74, 6) is 0.444. The smallest absolute Gasteiger partial charge is 0.193 e. The number of rotatable bonds is 4. The summed E-state index contributed by atoms with van der Waals surface area (Å²) in [6.07, 6.45) is 3.63. The van der Waals surface area contributed by atoms with Crippen LogP contribution in [-0.4, -0.2) is 26.2 Å². The Morgan fingerprint density at radius 2 is 2.17 bits per heavy atom. The molecule has 18 heavy (non-hydrogen) atoms. The first-order valence-electron chi connectivity index (χ1n) is 5.97. The van der Waals surface area contributed by atoms with Crippen LogP contribution < -0.4 is 11.1 Å². The fourth-order valence-corrected chi connectivity index (χ4v) is 2.09. The maximum Gasteiger partial charge on any atom is 0.193 e. The monoisotopic (exact) mass is 361 g/mol. The molecule has 0 unspecified atom stereocenters. The molecule has 0 bridgehead atoms. The molecule has 1 aliphatic rings. The molecular weight excluding hydrogens is 341 g/mol. The Bertz CT molecular complexity index is 421. The minimum atomic E-state index is 0. The molecule has 2 rings (SSSR count). The molecule has 0 radical (unpaired) electrons. The van der Waals surface area contributed by atoms with Crippen LogP contribution in [0.3, 0.4) is 0 Å². The van der Waals surface area contributed by atoms with Crippen molar-refractivity contribution in [3.8, 4) is 0 Å². The molecule has 0 aromatic heterocycles. The van der Waals surface area contributed by atoms with E-state index in [1.807, 2.05) is 0 Å². The number of hydrogen-bond acceptors (Lipinski definition) is 2. The van der Waals surface area contributed by atoms with E-state index in [0.29, 0.717) is 19.1 Å². The standard InChI is InChI=1S/C13H19N3O.HI/c1-17-8-7-15-13(14)16-12-6-5-10-3-2-4-11(10)9-12;/h5-6,9H,2-4,7-8H2,1H3,(H3,14,15,16);1H. The molecule has 0 spiro atoms. The first kappa shape index (κ1) is 15.2. The van der Waals surface area contributed by atoms with Gasteiger partial charge in [0.15, 0.2) is 5.96 Å². The second-order valence-corrected chi connectivity index (χ2v) is 4.22. The van der Waals surface area contributed by atoms with Crippen molar-refractivity contribution in [1.82, 2.24) is 0 Å². The van der Waals surface area contributed by atoms with E-state index in [9.17, 15) is 0 Å². The van der Waals surface area contributed by atoms with Crippen LogP contribution in [0.4, 0.5) is 5.69 Å². The highest BCUT2D eigenvalue weighted by molar-refractivity contribution is 14.0. The van der Waals surface area contributed by atoms with Gasteiger partial charge in [-0.15, -0.1) is 24.0 Å². The number of halogens is 1. The Hall–Kier alpha value is -0.820. The molecule has 100 valence electrons. The highest BCUT2D eigenvalue weighted by Gasteiger charge is 2.10. The van der Waals surface area contributed by atoms with Gasteiger partial charge in [-0.1, -0.05) is 6.07 Å². The number of aliphatic imine (C=N–C) groups is 1. The molecule has 0 saturated heterocycles. The molecule has 0 atom stereocenters. The molecule has 4 nitrogen and oxygen atoms in total. The summed E-state index contributed by atoms with van der Waals surface area (Å²) in [5.41, 5.74) is 9.69. The van der Waals surface area contributed by atoms with Crippen molar-refractivity contribution in [3.05, 3.63) is 29.3 Å². The van der Waals surface area contributed by atoms with E-state index in [1.54, 1.807) is 7.11 Å². The Morgan fingerprint density at radius 3 is 2.94 bits per heavy atom. The van der Waals surface area contributed by atoms with Crippen LogP contribution in [0, 0.1) is 0 Å². The summed E-state index contributed by atoms with van der Waals surface area (Å²) in [5, 5.41) is 3.10. The molecule has 0 saturated carbocycles. The van der Waals surface area contributed by atoms with Crippen molar-refractivity contribution >= 4 is 35.6 Å². The Balaban J connectivity index is 0.00000162. The number of hydrogen-bond donors (Lipinski definition) is 2. The number of fused-ring (bicyclic) bond motifs is 1. The van der Waals surface area contributed by atoms with Gasteiger partial charge in [0.25, 0.3) is 0 Å². The van der Waals surface area contributed by atoms with E-state index in [-0.39, 0.29) is 24.0 Å². The highest BCUT2D eigenvalue weighted by Crippen LogP contribution is 2.24. The third-order valence-electron chi connectivity index (χ3n) is 2.95. The van der Waals surface area contributed by atoms with Crippen LogP contribution in [0.1, 0.15) is 17.5 Å². The fourth-order valence-electron chi connectivity index (χ4n) is 2.09. The lowest BCUT2D eigenvalue weighted by Gasteiger charge is -2.07. The van der Waals surface area contributed by atoms with Gasteiger partial charge in [0.2, 0.25) is 0 Å². The SMILES string of the molecule is COCCN=C(N)Nc1ccc2c(c1)CCC2.I. The normalized spacial score (nSPS) is 13.9. The summed E-state index contributed by atoms with van der Waals surface area (Å²) >= 11 is 0. The number of ether oxygens (including phenoxy) is 1. The zero-order valence-corrected chi connectivity index (χ0v) is 12.9. The number of anilines is 1. The van der Waals surface area contributed by atoms with Gasteiger partial charge in [0.1, 0.15) is 0 Å². The van der Waals surface area contributed by atoms with E-state index in [1.165, 1.54) is 30.4 Å². The van der Waals surface area contributed by atoms with Gasteiger partial charge < -0.3 is 15.8 Å². The minimum absolute atomic E-state index is 0. The number of nitrogens with two attached hydrogens (primary N) is 1. The molecule has 1 aromatic carbocycles. The molecule has 3 N–H and O–H groups in total.